The molecule has 2 aliphatic heterocycles. The van der Waals surface area contributed by atoms with E-state index in [4.69, 9.17) is 21.1 Å². The number of carbonyl (C=O) groups excluding carboxylic acids is 3. The first kappa shape index (κ1) is 23.1. The molecule has 0 radical (unpaired) electrons. The quantitative estimate of drug-likeness (QED) is 0.617. The molecule has 2 atom stereocenters. The van der Waals surface area contributed by atoms with Crippen molar-refractivity contribution in [3.05, 3.63) is 53.6 Å². The molecule has 2 heterocycles. The number of nitrogens with one attached hydrogen (secondary N) is 2. The minimum Gasteiger partial charge on any atom is -0.484 e. The van der Waals surface area contributed by atoms with Gasteiger partial charge < -0.3 is 25.0 Å². The predicted molar refractivity (Wildman–Crippen MR) is 124 cm³/mol. The third-order valence-electron chi connectivity index (χ3n) is 5.65. The molecule has 2 aromatic carbocycles. The first-order valence-electron chi connectivity index (χ1n) is 11.0. The van der Waals surface area contributed by atoms with E-state index in [0.29, 0.717) is 35.2 Å². The second-order valence-corrected chi connectivity index (χ2v) is 8.56. The van der Waals surface area contributed by atoms with E-state index in [2.05, 4.69) is 10.6 Å². The zero-order valence-corrected chi connectivity index (χ0v) is 18.8. The van der Waals surface area contributed by atoms with Crippen molar-refractivity contribution in [2.75, 3.05) is 36.5 Å². The van der Waals surface area contributed by atoms with Crippen LogP contribution in [0.5, 0.6) is 5.75 Å². The van der Waals surface area contributed by atoms with Crippen LogP contribution in [0.2, 0.25) is 5.02 Å². The summed E-state index contributed by atoms with van der Waals surface area (Å²) in [5.74, 6) is -0.413. The molecule has 2 aromatic rings. The number of nitrogens with zero attached hydrogens (tertiary/aromatic N) is 1. The topological polar surface area (TPSA) is 97.0 Å². The van der Waals surface area contributed by atoms with Crippen molar-refractivity contribution in [1.82, 2.24) is 5.32 Å². The third-order valence-corrected chi connectivity index (χ3v) is 5.89. The second-order valence-electron chi connectivity index (χ2n) is 8.13. The second kappa shape index (κ2) is 10.7. The van der Waals surface area contributed by atoms with Crippen molar-refractivity contribution in [2.24, 2.45) is 5.92 Å². The highest BCUT2D eigenvalue weighted by molar-refractivity contribution is 6.30. The number of hydrogen-bond donors (Lipinski definition) is 2. The number of benzene rings is 2. The molecule has 2 aliphatic rings. The van der Waals surface area contributed by atoms with Gasteiger partial charge in [0.05, 0.1) is 12.0 Å². The van der Waals surface area contributed by atoms with E-state index in [9.17, 15) is 14.4 Å². The van der Waals surface area contributed by atoms with Crippen LogP contribution in [0, 0.1) is 5.92 Å². The standard InChI is InChI=1S/C24H26ClN3O5/c25-17-3-1-4-18(12-17)27-22(29)15-33-20-8-6-19(7-9-20)28-14-16(11-23(28)30)24(31)26-13-21-5-2-10-32-21/h1,3-4,6-9,12,16,21H,2,5,10-11,13-15H2,(H,26,31)(H,27,29)/t16-,21+/m1/s1. The largest absolute Gasteiger partial charge is 0.484 e. The fraction of sp³-hybridized carbons (Fsp3) is 0.375. The van der Waals surface area contributed by atoms with Crippen LogP contribution in [-0.4, -0.2) is 50.1 Å². The molecule has 0 saturated carbocycles. The molecular weight excluding hydrogens is 446 g/mol. The summed E-state index contributed by atoms with van der Waals surface area (Å²) in [6, 6.07) is 13.7. The Morgan fingerprint density at radius 2 is 2.00 bits per heavy atom. The Hall–Kier alpha value is -3.10. The first-order valence-corrected chi connectivity index (χ1v) is 11.3. The molecule has 0 spiro atoms. The first-order chi connectivity index (χ1) is 16.0. The Morgan fingerprint density at radius 1 is 1.18 bits per heavy atom. The van der Waals surface area contributed by atoms with Gasteiger partial charge in [-0.15, -0.1) is 0 Å². The molecule has 0 aliphatic carbocycles. The van der Waals surface area contributed by atoms with E-state index < -0.39 is 0 Å². The summed E-state index contributed by atoms with van der Waals surface area (Å²) in [5, 5.41) is 6.15. The minimum absolute atomic E-state index is 0.0716. The lowest BCUT2D eigenvalue weighted by molar-refractivity contribution is -0.126. The van der Waals surface area contributed by atoms with E-state index in [0.717, 1.165) is 19.4 Å². The van der Waals surface area contributed by atoms with Crippen LogP contribution in [0.15, 0.2) is 48.5 Å². The summed E-state index contributed by atoms with van der Waals surface area (Å²) in [6.45, 7) is 1.39. The van der Waals surface area contributed by atoms with Crippen LogP contribution in [-0.2, 0) is 19.1 Å². The maximum atomic E-state index is 12.5. The smallest absolute Gasteiger partial charge is 0.262 e. The average Bonchev–Trinajstić information content (AvgIpc) is 3.46. The fourth-order valence-corrected chi connectivity index (χ4v) is 4.12. The predicted octanol–water partition coefficient (Wildman–Crippen LogP) is 3.01. The van der Waals surface area contributed by atoms with Crippen molar-refractivity contribution in [2.45, 2.75) is 25.4 Å². The number of hydrogen-bond acceptors (Lipinski definition) is 5. The number of rotatable bonds is 8. The van der Waals surface area contributed by atoms with Crippen LogP contribution >= 0.6 is 11.6 Å². The van der Waals surface area contributed by atoms with Crippen LogP contribution in [0.4, 0.5) is 11.4 Å². The van der Waals surface area contributed by atoms with Crippen LogP contribution in [0.25, 0.3) is 0 Å². The lowest BCUT2D eigenvalue weighted by Crippen LogP contribution is -2.37. The number of anilines is 2. The van der Waals surface area contributed by atoms with Gasteiger partial charge in [0, 0.05) is 42.5 Å². The van der Waals surface area contributed by atoms with Gasteiger partial charge in [-0.25, -0.2) is 0 Å². The van der Waals surface area contributed by atoms with Crippen molar-refractivity contribution in [1.29, 1.82) is 0 Å². The minimum atomic E-state index is -0.384. The molecule has 174 valence electrons. The van der Waals surface area contributed by atoms with Gasteiger partial charge in [-0.3, -0.25) is 14.4 Å². The Labute approximate surface area is 197 Å². The lowest BCUT2D eigenvalue weighted by atomic mass is 10.1. The molecule has 2 saturated heterocycles. The lowest BCUT2D eigenvalue weighted by Gasteiger charge is -2.18. The fourth-order valence-electron chi connectivity index (χ4n) is 3.93. The van der Waals surface area contributed by atoms with E-state index >= 15 is 0 Å². The highest BCUT2D eigenvalue weighted by Crippen LogP contribution is 2.27. The zero-order chi connectivity index (χ0) is 23.2. The van der Waals surface area contributed by atoms with Crippen LogP contribution in [0.3, 0.4) is 0 Å². The summed E-state index contributed by atoms with van der Waals surface area (Å²) in [6.07, 6.45) is 2.22. The Kier molecular flexibility index (Phi) is 7.47. The highest BCUT2D eigenvalue weighted by Gasteiger charge is 2.35. The van der Waals surface area contributed by atoms with Crippen molar-refractivity contribution < 1.29 is 23.9 Å². The summed E-state index contributed by atoms with van der Waals surface area (Å²) in [7, 11) is 0. The maximum absolute atomic E-state index is 12.5. The summed E-state index contributed by atoms with van der Waals surface area (Å²) in [4.78, 5) is 38.6. The summed E-state index contributed by atoms with van der Waals surface area (Å²) < 4.78 is 11.1. The van der Waals surface area contributed by atoms with E-state index in [1.165, 1.54) is 0 Å². The molecule has 4 rings (SSSR count). The molecule has 0 aromatic heterocycles. The molecule has 2 N–H and O–H groups in total. The molecule has 0 bridgehead atoms. The summed E-state index contributed by atoms with van der Waals surface area (Å²) >= 11 is 5.91. The van der Waals surface area contributed by atoms with E-state index in [1.807, 2.05) is 0 Å². The monoisotopic (exact) mass is 471 g/mol. The number of ether oxygens (including phenoxy) is 2. The van der Waals surface area contributed by atoms with E-state index in [1.54, 1.807) is 53.4 Å². The Bertz CT molecular complexity index is 1010. The molecular formula is C24H26ClN3O5. The third kappa shape index (κ3) is 6.24. The Morgan fingerprint density at radius 3 is 2.73 bits per heavy atom. The maximum Gasteiger partial charge on any atom is 0.262 e. The van der Waals surface area contributed by atoms with Gasteiger partial charge in [-0.1, -0.05) is 17.7 Å². The van der Waals surface area contributed by atoms with Gasteiger partial charge in [-0.2, -0.15) is 0 Å². The van der Waals surface area contributed by atoms with Gasteiger partial charge in [0.25, 0.3) is 5.91 Å². The van der Waals surface area contributed by atoms with Crippen molar-refractivity contribution in [3.8, 4) is 5.75 Å². The van der Waals surface area contributed by atoms with Gasteiger partial charge in [0.1, 0.15) is 5.75 Å². The molecule has 3 amide bonds. The molecule has 33 heavy (non-hydrogen) atoms. The number of amides is 3. The van der Waals surface area contributed by atoms with E-state index in [-0.39, 0.29) is 42.8 Å². The molecule has 8 nitrogen and oxygen atoms in total. The van der Waals surface area contributed by atoms with Crippen molar-refractivity contribution in [3.63, 3.8) is 0 Å². The highest BCUT2D eigenvalue weighted by atomic mass is 35.5. The molecule has 2 fully saturated rings. The van der Waals surface area contributed by atoms with Gasteiger partial charge in [-0.05, 0) is 55.3 Å². The average molecular weight is 472 g/mol. The summed E-state index contributed by atoms with van der Waals surface area (Å²) in [5.41, 5.74) is 1.28. The Balaban J connectivity index is 1.25. The molecule has 0 unspecified atom stereocenters. The molecule has 9 heteroatoms. The van der Waals surface area contributed by atoms with Gasteiger partial charge in [0.2, 0.25) is 11.8 Å². The van der Waals surface area contributed by atoms with Gasteiger partial charge >= 0.3 is 0 Å². The SMILES string of the molecule is O=C(COc1ccc(N2C[C@H](C(=O)NC[C@@H]3CCCO3)CC2=O)cc1)Nc1cccc(Cl)c1. The normalized spacial score (nSPS) is 20.0. The van der Waals surface area contributed by atoms with Crippen LogP contribution < -0.4 is 20.3 Å². The number of carbonyl (C=O) groups is 3. The van der Waals surface area contributed by atoms with Gasteiger partial charge in [0.15, 0.2) is 6.61 Å². The van der Waals surface area contributed by atoms with Crippen molar-refractivity contribution >= 4 is 40.7 Å². The zero-order valence-electron chi connectivity index (χ0n) is 18.1. The number of halogens is 1. The van der Waals surface area contributed by atoms with Crippen LogP contribution in [0.1, 0.15) is 19.3 Å².